The van der Waals surface area contributed by atoms with Gasteiger partial charge in [0, 0.05) is 11.2 Å². The zero-order valence-corrected chi connectivity index (χ0v) is 14.2. The fourth-order valence-electron chi connectivity index (χ4n) is 2.25. The summed E-state index contributed by atoms with van der Waals surface area (Å²) in [5.41, 5.74) is 0.834. The Kier molecular flexibility index (Phi) is 4.72. The van der Waals surface area contributed by atoms with Crippen molar-refractivity contribution in [3.05, 3.63) is 59.5 Å². The van der Waals surface area contributed by atoms with Crippen molar-refractivity contribution in [3.63, 3.8) is 0 Å². The largest absolute Gasteiger partial charge is 0.573 e. The zero-order valence-electron chi connectivity index (χ0n) is 12.6. The Morgan fingerprint density at radius 1 is 1.04 bits per heavy atom. The fraction of sp³-hybridized carbons (Fsp3) is 0.125. The summed E-state index contributed by atoms with van der Waals surface area (Å²) in [7, 11) is -3.85. The topological polar surface area (TPSA) is 55.4 Å². The van der Waals surface area contributed by atoms with Crippen LogP contribution in [0, 0.1) is 0 Å². The summed E-state index contributed by atoms with van der Waals surface area (Å²) >= 11 is 1.51. The molecule has 1 aromatic heterocycles. The summed E-state index contributed by atoms with van der Waals surface area (Å²) < 4.78 is 68.2. The Bertz CT molecular complexity index is 980. The van der Waals surface area contributed by atoms with E-state index in [0.717, 1.165) is 39.9 Å². The molecule has 0 bridgehead atoms. The van der Waals surface area contributed by atoms with E-state index in [4.69, 9.17) is 0 Å². The van der Waals surface area contributed by atoms with Gasteiger partial charge < -0.3 is 4.74 Å². The first kappa shape index (κ1) is 17.7. The molecule has 0 atom stereocenters. The third-order valence-corrected chi connectivity index (χ3v) is 5.81. The van der Waals surface area contributed by atoms with Crippen LogP contribution in [0.1, 0.15) is 5.56 Å². The molecule has 0 aliphatic heterocycles. The summed E-state index contributed by atoms with van der Waals surface area (Å²) in [5.74, 6) is -0.477. The van der Waals surface area contributed by atoms with Crippen LogP contribution in [0.2, 0.25) is 0 Å². The molecule has 1 N–H and O–H groups in total. The molecule has 0 unspecified atom stereocenters. The number of hydrogen-bond acceptors (Lipinski definition) is 4. The molecule has 3 rings (SSSR count). The third-order valence-electron chi connectivity index (χ3n) is 3.38. The molecule has 0 fully saturated rings. The number of ether oxygens (including phenoxy) is 1. The van der Waals surface area contributed by atoms with E-state index in [2.05, 4.69) is 9.46 Å². The first-order valence-corrected chi connectivity index (χ1v) is 9.41. The van der Waals surface area contributed by atoms with Crippen LogP contribution in [0.15, 0.2) is 58.8 Å². The number of halogens is 3. The van der Waals surface area contributed by atoms with E-state index in [1.54, 1.807) is 0 Å². The number of hydrogen-bond donors (Lipinski definition) is 1. The molecule has 0 aliphatic rings. The highest BCUT2D eigenvalue weighted by molar-refractivity contribution is 7.89. The molecular formula is C16H12F3NO3S2. The van der Waals surface area contributed by atoms with Crippen LogP contribution in [0.25, 0.3) is 10.1 Å². The molecule has 0 amide bonds. The van der Waals surface area contributed by atoms with Gasteiger partial charge in [-0.05, 0) is 46.7 Å². The number of benzene rings is 2. The van der Waals surface area contributed by atoms with Gasteiger partial charge in [0.1, 0.15) is 5.75 Å². The molecule has 0 aliphatic carbocycles. The zero-order chi connectivity index (χ0) is 18.1. The first-order valence-electron chi connectivity index (χ1n) is 7.05. The van der Waals surface area contributed by atoms with Gasteiger partial charge in [0.25, 0.3) is 0 Å². The highest BCUT2D eigenvalue weighted by atomic mass is 32.2. The quantitative estimate of drug-likeness (QED) is 0.711. The van der Waals surface area contributed by atoms with Crippen LogP contribution in [0.3, 0.4) is 0 Å². The number of alkyl halides is 3. The van der Waals surface area contributed by atoms with Crippen LogP contribution < -0.4 is 9.46 Å². The van der Waals surface area contributed by atoms with Gasteiger partial charge >= 0.3 is 6.36 Å². The second-order valence-corrected chi connectivity index (χ2v) is 7.78. The van der Waals surface area contributed by atoms with Crippen molar-refractivity contribution < 1.29 is 26.3 Å². The second-order valence-electron chi connectivity index (χ2n) is 5.10. The predicted octanol–water partition coefficient (Wildman–Crippen LogP) is 4.28. The van der Waals surface area contributed by atoms with E-state index < -0.39 is 22.1 Å². The standard InChI is InChI=1S/C16H12F3NO3S2/c17-16(18,19)23-12-5-7-13(8-6-12)25(21,22)20-9-11-10-24-15-4-2-1-3-14(11)15/h1-8,10,20H,9H2. The van der Waals surface area contributed by atoms with Crippen molar-refractivity contribution in [3.8, 4) is 5.75 Å². The minimum atomic E-state index is -4.82. The van der Waals surface area contributed by atoms with Gasteiger partial charge in [-0.3, -0.25) is 0 Å². The maximum absolute atomic E-state index is 12.3. The molecule has 25 heavy (non-hydrogen) atoms. The Morgan fingerprint density at radius 3 is 2.40 bits per heavy atom. The minimum Gasteiger partial charge on any atom is -0.406 e. The van der Waals surface area contributed by atoms with Crippen molar-refractivity contribution in [1.29, 1.82) is 0 Å². The smallest absolute Gasteiger partial charge is 0.406 e. The minimum absolute atomic E-state index is 0.0904. The van der Waals surface area contributed by atoms with Crippen molar-refractivity contribution in [1.82, 2.24) is 4.72 Å². The Morgan fingerprint density at radius 2 is 1.72 bits per heavy atom. The number of thiophene rings is 1. The average molecular weight is 387 g/mol. The number of fused-ring (bicyclic) bond motifs is 1. The third kappa shape index (κ3) is 4.30. The lowest BCUT2D eigenvalue weighted by molar-refractivity contribution is -0.274. The first-order chi connectivity index (χ1) is 11.7. The van der Waals surface area contributed by atoms with Crippen molar-refractivity contribution in [2.45, 2.75) is 17.8 Å². The molecule has 0 radical (unpaired) electrons. The molecule has 9 heteroatoms. The molecule has 0 spiro atoms. The summed E-state index contributed by atoms with van der Waals surface area (Å²) in [5, 5.41) is 2.83. The number of rotatable bonds is 5. The Balaban J connectivity index is 1.73. The van der Waals surface area contributed by atoms with Gasteiger partial charge in [-0.1, -0.05) is 18.2 Å². The van der Waals surface area contributed by atoms with E-state index >= 15 is 0 Å². The van der Waals surface area contributed by atoms with E-state index in [9.17, 15) is 21.6 Å². The van der Waals surface area contributed by atoms with Gasteiger partial charge in [-0.2, -0.15) is 0 Å². The molecule has 2 aromatic carbocycles. The van der Waals surface area contributed by atoms with Crippen LogP contribution in [-0.4, -0.2) is 14.8 Å². The highest BCUT2D eigenvalue weighted by Gasteiger charge is 2.31. The molecule has 1 heterocycles. The van der Waals surface area contributed by atoms with Crippen molar-refractivity contribution >= 4 is 31.4 Å². The van der Waals surface area contributed by atoms with Gasteiger partial charge in [0.2, 0.25) is 10.0 Å². The lowest BCUT2D eigenvalue weighted by Crippen LogP contribution is -2.23. The van der Waals surface area contributed by atoms with Gasteiger partial charge in [-0.15, -0.1) is 24.5 Å². The van der Waals surface area contributed by atoms with E-state index in [1.165, 1.54) is 11.3 Å². The Labute approximate surface area is 145 Å². The highest BCUT2D eigenvalue weighted by Crippen LogP contribution is 2.26. The molecular weight excluding hydrogens is 375 g/mol. The maximum Gasteiger partial charge on any atom is 0.573 e. The van der Waals surface area contributed by atoms with Gasteiger partial charge in [0.15, 0.2) is 0 Å². The molecule has 3 aromatic rings. The molecule has 0 saturated heterocycles. The van der Waals surface area contributed by atoms with Crippen LogP contribution >= 0.6 is 11.3 Å². The van der Waals surface area contributed by atoms with Crippen molar-refractivity contribution in [2.24, 2.45) is 0 Å². The SMILES string of the molecule is O=S(=O)(NCc1csc2ccccc12)c1ccc(OC(F)(F)F)cc1. The molecule has 0 saturated carbocycles. The van der Waals surface area contributed by atoms with Gasteiger partial charge in [0.05, 0.1) is 4.90 Å². The molecule has 132 valence electrons. The van der Waals surface area contributed by atoms with Crippen LogP contribution in [0.4, 0.5) is 13.2 Å². The molecule has 4 nitrogen and oxygen atoms in total. The van der Waals surface area contributed by atoms with Gasteiger partial charge in [-0.25, -0.2) is 13.1 Å². The summed E-state index contributed by atoms with van der Waals surface area (Å²) in [6.45, 7) is 0.0904. The second kappa shape index (κ2) is 6.66. The summed E-state index contributed by atoms with van der Waals surface area (Å²) in [4.78, 5) is -0.137. The lowest BCUT2D eigenvalue weighted by Gasteiger charge is -2.10. The maximum atomic E-state index is 12.3. The van der Waals surface area contributed by atoms with Crippen LogP contribution in [-0.2, 0) is 16.6 Å². The lowest BCUT2D eigenvalue weighted by atomic mass is 10.2. The Hall–Kier alpha value is -2.10. The predicted molar refractivity (Wildman–Crippen MR) is 89.0 cm³/mol. The van der Waals surface area contributed by atoms with Crippen LogP contribution in [0.5, 0.6) is 5.75 Å². The normalized spacial score (nSPS) is 12.4. The average Bonchev–Trinajstić information content (AvgIpc) is 2.95. The fourth-order valence-corrected chi connectivity index (χ4v) is 4.22. The number of sulfonamides is 1. The monoisotopic (exact) mass is 387 g/mol. The number of nitrogens with one attached hydrogen (secondary N) is 1. The van der Waals surface area contributed by atoms with Crippen molar-refractivity contribution in [2.75, 3.05) is 0 Å². The summed E-state index contributed by atoms with van der Waals surface area (Å²) in [6.07, 6.45) is -4.82. The van der Waals surface area contributed by atoms with E-state index in [0.29, 0.717) is 0 Å². The van der Waals surface area contributed by atoms with E-state index in [-0.39, 0.29) is 11.4 Å². The van der Waals surface area contributed by atoms with E-state index in [1.807, 2.05) is 29.6 Å². The summed E-state index contributed by atoms with van der Waals surface area (Å²) in [6, 6.07) is 11.7.